The van der Waals surface area contributed by atoms with Crippen LogP contribution in [-0.2, 0) is 4.74 Å². The van der Waals surface area contributed by atoms with Crippen molar-refractivity contribution in [3.63, 3.8) is 0 Å². The highest BCUT2D eigenvalue weighted by atomic mass is 16.5. The van der Waals surface area contributed by atoms with E-state index in [1.165, 1.54) is 0 Å². The van der Waals surface area contributed by atoms with Crippen molar-refractivity contribution < 1.29 is 14.6 Å². The van der Waals surface area contributed by atoms with E-state index in [4.69, 9.17) is 4.74 Å². The van der Waals surface area contributed by atoms with Gasteiger partial charge in [0.25, 0.3) is 0 Å². The Kier molecular flexibility index (Phi) is 6.25. The zero-order valence-corrected chi connectivity index (χ0v) is 18.9. The Morgan fingerprint density at radius 2 is 2.03 bits per heavy atom. The summed E-state index contributed by atoms with van der Waals surface area (Å²) in [6, 6.07) is 17.7. The van der Waals surface area contributed by atoms with Crippen LogP contribution in [0.2, 0.25) is 0 Å². The summed E-state index contributed by atoms with van der Waals surface area (Å²) in [6.07, 6.45) is 7.91. The number of hydrogen-bond acceptors (Lipinski definition) is 5. The summed E-state index contributed by atoms with van der Waals surface area (Å²) in [4.78, 5) is 18.7. The van der Waals surface area contributed by atoms with Gasteiger partial charge < -0.3 is 9.84 Å². The maximum atomic E-state index is 11.8. The number of piperidine rings is 3. The Morgan fingerprint density at radius 3 is 2.79 bits per heavy atom. The Morgan fingerprint density at radius 1 is 1.21 bits per heavy atom. The molecule has 0 radical (unpaired) electrons. The van der Waals surface area contributed by atoms with E-state index in [2.05, 4.69) is 28.1 Å². The average Bonchev–Trinajstić information content (AvgIpc) is 2.87. The third kappa shape index (κ3) is 4.43. The molecule has 0 spiro atoms. The highest BCUT2D eigenvalue weighted by Gasteiger charge is 2.42. The summed E-state index contributed by atoms with van der Waals surface area (Å²) in [5, 5.41) is 12.4. The average molecular weight is 443 g/mol. The highest BCUT2D eigenvalue weighted by molar-refractivity contribution is 5.89. The third-order valence-corrected chi connectivity index (χ3v) is 7.17. The molecule has 1 N–H and O–H groups in total. The van der Waals surface area contributed by atoms with E-state index < -0.39 is 6.10 Å². The van der Waals surface area contributed by atoms with Crippen molar-refractivity contribution in [3.8, 4) is 0 Å². The van der Waals surface area contributed by atoms with Gasteiger partial charge >= 0.3 is 5.97 Å². The molecule has 5 nitrogen and oxygen atoms in total. The lowest BCUT2D eigenvalue weighted by Gasteiger charge is -2.50. The number of para-hydroxylation sites is 1. The molecule has 3 saturated heterocycles. The number of benzene rings is 2. The predicted octanol–water partition coefficient (Wildman–Crippen LogP) is 4.87. The fourth-order valence-electron chi connectivity index (χ4n) is 5.42. The van der Waals surface area contributed by atoms with Gasteiger partial charge in [0, 0.05) is 24.2 Å². The van der Waals surface area contributed by atoms with Crippen LogP contribution in [0.4, 0.5) is 0 Å². The molecule has 170 valence electrons. The summed E-state index contributed by atoms with van der Waals surface area (Å²) < 4.78 is 5.05. The summed E-state index contributed by atoms with van der Waals surface area (Å²) >= 11 is 0. The standard InChI is InChI=1S/C28H30N2O3/c1-2-33-28(32)20-10-7-19(8-11-20)9-12-22-18-30-16-14-21(22)17-26(30)27(31)24-13-15-29-25-6-4-3-5-23(24)25/h3-13,15,21-22,26-27,31H,2,14,16-18H2,1H3/b12-9+/t21-,22-,26+,27-/m0/s1. The van der Waals surface area contributed by atoms with Crippen LogP contribution in [0.25, 0.3) is 17.0 Å². The largest absolute Gasteiger partial charge is 0.462 e. The molecule has 5 heteroatoms. The summed E-state index contributed by atoms with van der Waals surface area (Å²) in [7, 11) is 0. The summed E-state index contributed by atoms with van der Waals surface area (Å²) in [6.45, 7) is 4.19. The molecule has 6 rings (SSSR count). The fourth-order valence-corrected chi connectivity index (χ4v) is 5.42. The quantitative estimate of drug-likeness (QED) is 0.552. The summed E-state index contributed by atoms with van der Waals surface area (Å²) in [5.41, 5.74) is 3.57. The van der Waals surface area contributed by atoms with Gasteiger partial charge in [-0.05, 0) is 73.5 Å². The Labute approximate surface area is 194 Å². The van der Waals surface area contributed by atoms with Crippen LogP contribution < -0.4 is 0 Å². The number of carbonyl (C=O) groups is 1. The number of rotatable bonds is 6. The van der Waals surface area contributed by atoms with E-state index in [0.717, 1.165) is 48.0 Å². The first kappa shape index (κ1) is 21.8. The SMILES string of the molecule is CCOC(=O)c1ccc(/C=C/[C@H]2CN3CC[C@H]2C[C@@H]3[C@@H](O)c2ccnc3ccccc23)cc1. The number of carbonyl (C=O) groups excluding carboxylic acids is 1. The maximum absolute atomic E-state index is 11.8. The Bertz CT molecular complexity index is 1150. The number of aliphatic hydroxyl groups is 1. The van der Waals surface area contributed by atoms with Crippen molar-refractivity contribution in [2.75, 3.05) is 19.7 Å². The van der Waals surface area contributed by atoms with Gasteiger partial charge in [0.15, 0.2) is 0 Å². The molecule has 3 fully saturated rings. The van der Waals surface area contributed by atoms with E-state index in [1.54, 1.807) is 6.20 Å². The molecule has 3 aliphatic heterocycles. The van der Waals surface area contributed by atoms with Gasteiger partial charge in [0.1, 0.15) is 0 Å². The fraction of sp³-hybridized carbons (Fsp3) is 0.357. The van der Waals surface area contributed by atoms with Crippen molar-refractivity contribution in [3.05, 3.63) is 83.6 Å². The van der Waals surface area contributed by atoms with Crippen molar-refractivity contribution in [2.24, 2.45) is 11.8 Å². The normalized spacial score (nSPS) is 25.4. The van der Waals surface area contributed by atoms with Crippen LogP contribution in [0, 0.1) is 11.8 Å². The molecule has 2 bridgehead atoms. The Hall–Kier alpha value is -3.02. The second-order valence-corrected chi connectivity index (χ2v) is 9.07. The van der Waals surface area contributed by atoms with E-state index >= 15 is 0 Å². The predicted molar refractivity (Wildman–Crippen MR) is 130 cm³/mol. The van der Waals surface area contributed by atoms with Gasteiger partial charge in [-0.3, -0.25) is 9.88 Å². The Balaban J connectivity index is 1.27. The number of aromatic nitrogens is 1. The lowest BCUT2D eigenvalue weighted by Crippen LogP contribution is -2.54. The first-order valence-electron chi connectivity index (χ1n) is 11.8. The van der Waals surface area contributed by atoms with Crippen LogP contribution in [-0.4, -0.2) is 46.7 Å². The number of pyridine rings is 1. The molecule has 0 amide bonds. The van der Waals surface area contributed by atoms with Crippen LogP contribution >= 0.6 is 0 Å². The molecular formula is C28H30N2O3. The highest BCUT2D eigenvalue weighted by Crippen LogP contribution is 2.42. The summed E-state index contributed by atoms with van der Waals surface area (Å²) in [5.74, 6) is 0.760. The minimum absolute atomic E-state index is 0.142. The first-order chi connectivity index (χ1) is 16.1. The molecule has 3 aromatic rings. The third-order valence-electron chi connectivity index (χ3n) is 7.17. The van der Waals surface area contributed by atoms with Gasteiger partial charge in [0.2, 0.25) is 0 Å². The molecule has 4 heterocycles. The zero-order valence-electron chi connectivity index (χ0n) is 18.9. The monoisotopic (exact) mass is 442 g/mol. The minimum Gasteiger partial charge on any atom is -0.462 e. The first-order valence-corrected chi connectivity index (χ1v) is 11.8. The van der Waals surface area contributed by atoms with Gasteiger partial charge in [0.05, 0.1) is 23.8 Å². The topological polar surface area (TPSA) is 62.7 Å². The van der Waals surface area contributed by atoms with E-state index in [0.29, 0.717) is 24.0 Å². The molecule has 1 aromatic heterocycles. The van der Waals surface area contributed by atoms with Crippen LogP contribution in [0.15, 0.2) is 66.9 Å². The van der Waals surface area contributed by atoms with Gasteiger partial charge in [-0.2, -0.15) is 0 Å². The van der Waals surface area contributed by atoms with Crippen molar-refractivity contribution in [1.29, 1.82) is 0 Å². The second kappa shape index (κ2) is 9.46. The molecule has 1 unspecified atom stereocenters. The van der Waals surface area contributed by atoms with Gasteiger partial charge in [-0.1, -0.05) is 42.5 Å². The number of ether oxygens (including phenoxy) is 1. The molecule has 5 atom stereocenters. The van der Waals surface area contributed by atoms with E-state index in [1.807, 2.05) is 55.5 Å². The number of aliphatic hydroxyl groups excluding tert-OH is 1. The van der Waals surface area contributed by atoms with Crippen LogP contribution in [0.3, 0.4) is 0 Å². The number of hydrogen-bond donors (Lipinski definition) is 1. The maximum Gasteiger partial charge on any atom is 0.338 e. The molecule has 0 aliphatic carbocycles. The molecule has 33 heavy (non-hydrogen) atoms. The number of nitrogens with zero attached hydrogens (tertiary/aromatic N) is 2. The lowest BCUT2D eigenvalue weighted by molar-refractivity contribution is -0.0444. The van der Waals surface area contributed by atoms with Gasteiger partial charge in [-0.15, -0.1) is 0 Å². The lowest BCUT2D eigenvalue weighted by atomic mass is 9.73. The molecular weight excluding hydrogens is 412 g/mol. The van der Waals surface area contributed by atoms with Gasteiger partial charge in [-0.25, -0.2) is 4.79 Å². The molecule has 3 aliphatic rings. The number of fused-ring (bicyclic) bond motifs is 4. The number of esters is 1. The van der Waals surface area contributed by atoms with Crippen molar-refractivity contribution in [1.82, 2.24) is 9.88 Å². The molecule has 2 aromatic carbocycles. The zero-order chi connectivity index (χ0) is 22.8. The second-order valence-electron chi connectivity index (χ2n) is 9.07. The van der Waals surface area contributed by atoms with E-state index in [9.17, 15) is 9.90 Å². The minimum atomic E-state index is -0.513. The van der Waals surface area contributed by atoms with Crippen molar-refractivity contribution in [2.45, 2.75) is 31.9 Å². The smallest absolute Gasteiger partial charge is 0.338 e. The van der Waals surface area contributed by atoms with Crippen LogP contribution in [0.5, 0.6) is 0 Å². The van der Waals surface area contributed by atoms with E-state index in [-0.39, 0.29) is 12.0 Å². The molecule has 0 saturated carbocycles. The van der Waals surface area contributed by atoms with Crippen LogP contribution in [0.1, 0.15) is 47.4 Å². The van der Waals surface area contributed by atoms with Crippen molar-refractivity contribution >= 4 is 22.9 Å².